The zero-order valence-electron chi connectivity index (χ0n) is 10.5. The van der Waals surface area contributed by atoms with Crippen molar-refractivity contribution in [3.8, 4) is 0 Å². The van der Waals surface area contributed by atoms with Gasteiger partial charge in [-0.05, 0) is 24.0 Å². The van der Waals surface area contributed by atoms with E-state index in [2.05, 4.69) is 72.8 Å². The first kappa shape index (κ1) is 12.4. The van der Waals surface area contributed by atoms with E-state index in [9.17, 15) is 0 Å². The van der Waals surface area contributed by atoms with Gasteiger partial charge >= 0.3 is 0 Å². The lowest BCUT2D eigenvalue weighted by atomic mass is 10.1. The van der Waals surface area contributed by atoms with E-state index in [0.29, 0.717) is 0 Å². The highest BCUT2D eigenvalue weighted by Gasteiger charge is 1.84. The van der Waals surface area contributed by atoms with E-state index < -0.39 is 0 Å². The van der Waals surface area contributed by atoms with Crippen LogP contribution in [0.4, 0.5) is 0 Å². The average Bonchev–Trinajstić information content (AvgIpc) is 2.45. The molecule has 0 bridgehead atoms. The van der Waals surface area contributed by atoms with Crippen LogP contribution < -0.4 is 0 Å². The molecular weight excluding hydrogens is 216 g/mol. The summed E-state index contributed by atoms with van der Waals surface area (Å²) in [7, 11) is 0. The summed E-state index contributed by atoms with van der Waals surface area (Å²) in [6.45, 7) is 0. The highest BCUT2D eigenvalue weighted by molar-refractivity contribution is 5.50. The van der Waals surface area contributed by atoms with E-state index in [4.69, 9.17) is 0 Å². The molecule has 0 amide bonds. The maximum absolute atomic E-state index is 2.23. The first-order chi connectivity index (χ1) is 8.95. The number of rotatable bonds is 5. The molecule has 0 nitrogen and oxygen atoms in total. The molecule has 0 unspecified atom stereocenters. The van der Waals surface area contributed by atoms with Gasteiger partial charge in [-0.1, -0.05) is 85.0 Å². The molecule has 0 aliphatic rings. The minimum absolute atomic E-state index is 1.08. The van der Waals surface area contributed by atoms with Crippen molar-refractivity contribution >= 4 is 12.2 Å². The van der Waals surface area contributed by atoms with Crippen LogP contribution in [0, 0.1) is 0 Å². The molecular formula is C18H18. The lowest BCUT2D eigenvalue weighted by Gasteiger charge is -1.92. The standard InChI is InChI=1S/C18H18/c1(5-11-17-13-7-3-8-14-17)2-6-12-18-15-9-4-10-16-18/h3-16H,1-2H2. The fourth-order valence-electron chi connectivity index (χ4n) is 1.76. The fourth-order valence-corrected chi connectivity index (χ4v) is 1.76. The van der Waals surface area contributed by atoms with Crippen molar-refractivity contribution in [2.75, 3.05) is 0 Å². The van der Waals surface area contributed by atoms with Crippen LogP contribution >= 0.6 is 0 Å². The maximum atomic E-state index is 2.23. The Balaban J connectivity index is 1.73. The van der Waals surface area contributed by atoms with Crippen LogP contribution in [0.5, 0.6) is 0 Å². The van der Waals surface area contributed by atoms with Crippen molar-refractivity contribution in [1.29, 1.82) is 0 Å². The molecule has 0 N–H and O–H groups in total. The van der Waals surface area contributed by atoms with Crippen LogP contribution in [-0.4, -0.2) is 0 Å². The first-order valence-corrected chi connectivity index (χ1v) is 6.38. The van der Waals surface area contributed by atoms with Crippen LogP contribution in [0.1, 0.15) is 24.0 Å². The molecule has 0 heteroatoms. The minimum Gasteiger partial charge on any atom is -0.0836 e. The molecule has 0 aliphatic carbocycles. The van der Waals surface area contributed by atoms with Crippen molar-refractivity contribution < 1.29 is 0 Å². The van der Waals surface area contributed by atoms with E-state index in [-0.39, 0.29) is 0 Å². The Morgan fingerprint density at radius 1 is 0.556 bits per heavy atom. The van der Waals surface area contributed by atoms with Crippen molar-refractivity contribution in [3.63, 3.8) is 0 Å². The molecule has 90 valence electrons. The van der Waals surface area contributed by atoms with Gasteiger partial charge in [0.15, 0.2) is 0 Å². The summed E-state index contributed by atoms with van der Waals surface area (Å²) >= 11 is 0. The number of hydrogen-bond donors (Lipinski definition) is 0. The van der Waals surface area contributed by atoms with Crippen molar-refractivity contribution in [3.05, 3.63) is 83.9 Å². The predicted molar refractivity (Wildman–Crippen MR) is 80.2 cm³/mol. The van der Waals surface area contributed by atoms with Crippen LogP contribution in [0.2, 0.25) is 0 Å². The zero-order valence-corrected chi connectivity index (χ0v) is 10.5. The summed E-state index contributed by atoms with van der Waals surface area (Å²) < 4.78 is 0. The van der Waals surface area contributed by atoms with Gasteiger partial charge in [0.1, 0.15) is 0 Å². The third kappa shape index (κ3) is 4.42. The molecule has 0 saturated heterocycles. The average molecular weight is 234 g/mol. The molecule has 0 radical (unpaired) electrons. The quantitative estimate of drug-likeness (QED) is 0.624. The molecule has 0 saturated carbocycles. The van der Waals surface area contributed by atoms with E-state index in [1.807, 2.05) is 12.1 Å². The lowest BCUT2D eigenvalue weighted by Crippen LogP contribution is -1.71. The number of allylic oxidation sites excluding steroid dienone is 2. The molecule has 2 rings (SSSR count). The normalized spacial score (nSPS) is 11.3. The summed E-state index contributed by atoms with van der Waals surface area (Å²) in [4.78, 5) is 0. The first-order valence-electron chi connectivity index (χ1n) is 6.38. The van der Waals surface area contributed by atoms with Gasteiger partial charge in [-0.15, -0.1) is 0 Å². The summed E-state index contributed by atoms with van der Waals surface area (Å²) in [6.07, 6.45) is 11.0. The third-order valence-corrected chi connectivity index (χ3v) is 2.72. The zero-order chi connectivity index (χ0) is 12.5. The molecule has 0 aromatic heterocycles. The van der Waals surface area contributed by atoms with Crippen LogP contribution in [-0.2, 0) is 0 Å². The molecule has 0 aliphatic heterocycles. The molecule has 2 aromatic rings. The molecule has 18 heavy (non-hydrogen) atoms. The second-order valence-electron chi connectivity index (χ2n) is 4.20. The van der Waals surface area contributed by atoms with Gasteiger partial charge in [0, 0.05) is 0 Å². The van der Waals surface area contributed by atoms with Crippen molar-refractivity contribution in [2.24, 2.45) is 0 Å². The van der Waals surface area contributed by atoms with Gasteiger partial charge < -0.3 is 0 Å². The number of unbranched alkanes of at least 4 members (excludes halogenated alkanes) is 1. The van der Waals surface area contributed by atoms with Gasteiger partial charge in [0.05, 0.1) is 0 Å². The largest absolute Gasteiger partial charge is 0.0836 e. The third-order valence-electron chi connectivity index (χ3n) is 2.72. The van der Waals surface area contributed by atoms with E-state index in [1.54, 1.807) is 0 Å². The van der Waals surface area contributed by atoms with E-state index >= 15 is 0 Å². The maximum Gasteiger partial charge on any atom is -0.0260 e. The fraction of sp³-hybridized carbons (Fsp3) is 0.111. The summed E-state index contributed by atoms with van der Waals surface area (Å²) in [6, 6.07) is 20.8. The molecule has 2 aromatic carbocycles. The van der Waals surface area contributed by atoms with Gasteiger partial charge in [0.25, 0.3) is 0 Å². The minimum atomic E-state index is 1.08. The summed E-state index contributed by atoms with van der Waals surface area (Å²) in [5.41, 5.74) is 2.54. The van der Waals surface area contributed by atoms with Crippen molar-refractivity contribution in [1.82, 2.24) is 0 Å². The summed E-state index contributed by atoms with van der Waals surface area (Å²) in [5.74, 6) is 0. The monoisotopic (exact) mass is 234 g/mol. The van der Waals surface area contributed by atoms with Gasteiger partial charge in [-0.3, -0.25) is 0 Å². The Morgan fingerprint density at radius 3 is 1.33 bits per heavy atom. The second-order valence-corrected chi connectivity index (χ2v) is 4.20. The van der Waals surface area contributed by atoms with Crippen molar-refractivity contribution in [2.45, 2.75) is 12.8 Å². The Kier molecular flexibility index (Phi) is 5.01. The van der Waals surface area contributed by atoms with Crippen LogP contribution in [0.15, 0.2) is 72.8 Å². The van der Waals surface area contributed by atoms with Gasteiger partial charge in [0.2, 0.25) is 0 Å². The second kappa shape index (κ2) is 7.29. The predicted octanol–water partition coefficient (Wildman–Crippen LogP) is 5.19. The van der Waals surface area contributed by atoms with Crippen LogP contribution in [0.25, 0.3) is 12.2 Å². The Labute approximate surface area is 109 Å². The Bertz CT molecular complexity index is 443. The SMILES string of the molecule is C(=Cc1ccccc1)CCC=Cc1ccccc1. The Hall–Kier alpha value is -2.08. The van der Waals surface area contributed by atoms with E-state index in [1.165, 1.54) is 11.1 Å². The molecule has 0 atom stereocenters. The number of benzene rings is 2. The summed E-state index contributed by atoms with van der Waals surface area (Å²) in [5, 5.41) is 0. The highest BCUT2D eigenvalue weighted by atomic mass is 13.9. The topological polar surface area (TPSA) is 0 Å². The number of hydrogen-bond acceptors (Lipinski definition) is 0. The van der Waals surface area contributed by atoms with Gasteiger partial charge in [-0.25, -0.2) is 0 Å². The van der Waals surface area contributed by atoms with Gasteiger partial charge in [-0.2, -0.15) is 0 Å². The van der Waals surface area contributed by atoms with E-state index in [0.717, 1.165) is 12.8 Å². The highest BCUT2D eigenvalue weighted by Crippen LogP contribution is 2.05. The Morgan fingerprint density at radius 2 is 0.944 bits per heavy atom. The molecule has 0 spiro atoms. The smallest absolute Gasteiger partial charge is 0.0260 e. The molecule has 0 heterocycles. The van der Waals surface area contributed by atoms with Crippen LogP contribution in [0.3, 0.4) is 0 Å². The lowest BCUT2D eigenvalue weighted by molar-refractivity contribution is 1.06. The molecule has 0 fully saturated rings.